The van der Waals surface area contributed by atoms with E-state index in [0.717, 1.165) is 19.4 Å². The topological polar surface area (TPSA) is 108 Å². The van der Waals surface area contributed by atoms with Crippen molar-refractivity contribution in [3.05, 3.63) is 60.2 Å². The van der Waals surface area contributed by atoms with Gasteiger partial charge in [0.1, 0.15) is 0 Å². The molecule has 2 amide bonds. The minimum absolute atomic E-state index is 0.0153. The van der Waals surface area contributed by atoms with Crippen LogP contribution in [-0.4, -0.2) is 81.4 Å². The van der Waals surface area contributed by atoms with Gasteiger partial charge in [0.15, 0.2) is 0 Å². The zero-order valence-corrected chi connectivity index (χ0v) is 19.8. The molecule has 2 fully saturated rings. The Bertz CT molecular complexity index is 1100. The molecule has 2 N–H and O–H groups in total. The van der Waals surface area contributed by atoms with Gasteiger partial charge < -0.3 is 20.3 Å². The largest absolute Gasteiger partial charge is 0.376 e. The average Bonchev–Trinajstić information content (AvgIpc) is 3.40. The first-order chi connectivity index (χ1) is 16.4. The Balaban J connectivity index is 1.29. The van der Waals surface area contributed by atoms with Crippen LogP contribution in [0.3, 0.4) is 0 Å². The van der Waals surface area contributed by atoms with E-state index in [1.54, 1.807) is 59.5 Å². The number of rotatable bonds is 8. The maximum absolute atomic E-state index is 12.8. The summed E-state index contributed by atoms with van der Waals surface area (Å²) in [7, 11) is -3.57. The normalized spacial score (nSPS) is 19.1. The van der Waals surface area contributed by atoms with Crippen LogP contribution in [0.1, 0.15) is 23.2 Å². The van der Waals surface area contributed by atoms with E-state index in [1.807, 2.05) is 0 Å². The maximum atomic E-state index is 12.8. The first-order valence-electron chi connectivity index (χ1n) is 11.5. The lowest BCUT2D eigenvalue weighted by atomic mass is 10.1. The van der Waals surface area contributed by atoms with Gasteiger partial charge in [-0.1, -0.05) is 30.3 Å². The maximum Gasteiger partial charge on any atom is 0.253 e. The Morgan fingerprint density at radius 1 is 0.971 bits per heavy atom. The number of nitrogens with zero attached hydrogens (tertiary/aromatic N) is 2. The number of nitrogens with one attached hydrogen (secondary N) is 2. The van der Waals surface area contributed by atoms with Gasteiger partial charge in [0.05, 0.1) is 23.1 Å². The van der Waals surface area contributed by atoms with E-state index in [0.29, 0.717) is 30.9 Å². The first kappa shape index (κ1) is 24.2. The highest BCUT2D eigenvalue weighted by Crippen LogP contribution is 2.18. The van der Waals surface area contributed by atoms with Crippen LogP contribution in [0.15, 0.2) is 59.5 Å². The predicted molar refractivity (Wildman–Crippen MR) is 128 cm³/mol. The van der Waals surface area contributed by atoms with Crippen molar-refractivity contribution in [2.45, 2.75) is 23.8 Å². The standard InChI is InChI=1S/C24H30N4O5S/c29-23(27-12-14-28(15-13-27)34(31,32)20-8-2-1-3-9-20)18-25-22-11-5-4-10-21(22)24(30)26-17-19-7-6-16-33-19/h1-5,8-11,19,25H,6-7,12-18H2,(H,26,30)/t19-/m0/s1. The molecule has 0 saturated carbocycles. The summed E-state index contributed by atoms with van der Waals surface area (Å²) in [5, 5.41) is 5.97. The molecule has 182 valence electrons. The summed E-state index contributed by atoms with van der Waals surface area (Å²) in [6.45, 7) is 2.32. The van der Waals surface area contributed by atoms with Crippen molar-refractivity contribution in [2.75, 3.05) is 51.2 Å². The van der Waals surface area contributed by atoms with Gasteiger partial charge in [-0.05, 0) is 37.1 Å². The number of benzene rings is 2. The molecule has 0 radical (unpaired) electrons. The van der Waals surface area contributed by atoms with Crippen molar-refractivity contribution in [2.24, 2.45) is 0 Å². The lowest BCUT2D eigenvalue weighted by molar-refractivity contribution is -0.130. The number of amides is 2. The third-order valence-corrected chi connectivity index (χ3v) is 8.00. The van der Waals surface area contributed by atoms with E-state index in [2.05, 4.69) is 10.6 Å². The number of anilines is 1. The molecule has 2 aliphatic heterocycles. The molecule has 2 aromatic rings. The van der Waals surface area contributed by atoms with Gasteiger partial charge in [0.25, 0.3) is 5.91 Å². The Morgan fingerprint density at radius 2 is 1.68 bits per heavy atom. The molecular weight excluding hydrogens is 456 g/mol. The molecule has 0 bridgehead atoms. The van der Waals surface area contributed by atoms with Crippen LogP contribution < -0.4 is 10.6 Å². The van der Waals surface area contributed by atoms with Crippen molar-refractivity contribution >= 4 is 27.5 Å². The van der Waals surface area contributed by atoms with Gasteiger partial charge in [-0.3, -0.25) is 9.59 Å². The third kappa shape index (κ3) is 5.75. The summed E-state index contributed by atoms with van der Waals surface area (Å²) in [5.41, 5.74) is 1.04. The minimum atomic E-state index is -3.57. The summed E-state index contributed by atoms with van der Waals surface area (Å²) in [4.78, 5) is 27.3. The molecule has 2 aliphatic rings. The number of hydrogen-bond acceptors (Lipinski definition) is 6. The number of carbonyl (C=O) groups is 2. The van der Waals surface area contributed by atoms with E-state index >= 15 is 0 Å². The Labute approximate surface area is 200 Å². The molecule has 0 unspecified atom stereocenters. The molecule has 0 aliphatic carbocycles. The fourth-order valence-electron chi connectivity index (χ4n) is 4.14. The van der Waals surface area contributed by atoms with E-state index in [4.69, 9.17) is 4.74 Å². The fourth-order valence-corrected chi connectivity index (χ4v) is 5.59. The number of hydrogen-bond donors (Lipinski definition) is 2. The van der Waals surface area contributed by atoms with Crippen LogP contribution >= 0.6 is 0 Å². The number of carbonyl (C=O) groups excluding carboxylic acids is 2. The monoisotopic (exact) mass is 486 g/mol. The minimum Gasteiger partial charge on any atom is -0.376 e. The Hall–Kier alpha value is -2.95. The molecular formula is C24H30N4O5S. The van der Waals surface area contributed by atoms with Crippen molar-refractivity contribution < 1.29 is 22.7 Å². The molecule has 2 aromatic carbocycles. The highest BCUT2D eigenvalue weighted by atomic mass is 32.2. The van der Waals surface area contributed by atoms with Crippen LogP contribution in [0.2, 0.25) is 0 Å². The predicted octanol–water partition coefficient (Wildman–Crippen LogP) is 1.54. The zero-order chi connectivity index (χ0) is 24.0. The molecule has 0 aromatic heterocycles. The molecule has 2 saturated heterocycles. The molecule has 9 nitrogen and oxygen atoms in total. The van der Waals surface area contributed by atoms with Gasteiger partial charge in [-0.25, -0.2) is 8.42 Å². The zero-order valence-electron chi connectivity index (χ0n) is 19.0. The van der Waals surface area contributed by atoms with Crippen molar-refractivity contribution in [1.82, 2.24) is 14.5 Å². The first-order valence-corrected chi connectivity index (χ1v) is 12.9. The second-order valence-electron chi connectivity index (χ2n) is 8.34. The second kappa shape index (κ2) is 11.0. The van der Waals surface area contributed by atoms with Crippen LogP contribution in [0.4, 0.5) is 5.69 Å². The fraction of sp³-hybridized carbons (Fsp3) is 0.417. The molecule has 0 spiro atoms. The summed E-state index contributed by atoms with van der Waals surface area (Å²) in [5.74, 6) is -0.364. The van der Waals surface area contributed by atoms with Crippen LogP contribution in [-0.2, 0) is 19.6 Å². The third-order valence-electron chi connectivity index (χ3n) is 6.09. The quantitative estimate of drug-likeness (QED) is 0.586. The molecule has 4 rings (SSSR count). The molecule has 1 atom stereocenters. The van der Waals surface area contributed by atoms with Crippen LogP contribution in [0.25, 0.3) is 0 Å². The lowest BCUT2D eigenvalue weighted by Crippen LogP contribution is -2.51. The van der Waals surface area contributed by atoms with Crippen molar-refractivity contribution in [3.8, 4) is 0 Å². The van der Waals surface area contributed by atoms with E-state index < -0.39 is 10.0 Å². The number of ether oxygens (including phenoxy) is 1. The molecule has 2 heterocycles. The van der Waals surface area contributed by atoms with E-state index in [-0.39, 0.29) is 42.4 Å². The van der Waals surface area contributed by atoms with Gasteiger partial charge in [-0.2, -0.15) is 4.31 Å². The van der Waals surface area contributed by atoms with Crippen molar-refractivity contribution in [1.29, 1.82) is 0 Å². The van der Waals surface area contributed by atoms with Gasteiger partial charge in [0, 0.05) is 45.0 Å². The molecule has 10 heteroatoms. The van der Waals surface area contributed by atoms with Gasteiger partial charge in [-0.15, -0.1) is 0 Å². The van der Waals surface area contributed by atoms with E-state index in [9.17, 15) is 18.0 Å². The summed E-state index contributed by atoms with van der Waals surface area (Å²) < 4.78 is 32.5. The summed E-state index contributed by atoms with van der Waals surface area (Å²) in [6.07, 6.45) is 2.00. The lowest BCUT2D eigenvalue weighted by Gasteiger charge is -2.34. The van der Waals surface area contributed by atoms with E-state index in [1.165, 1.54) is 4.31 Å². The second-order valence-corrected chi connectivity index (χ2v) is 10.3. The highest BCUT2D eigenvalue weighted by Gasteiger charge is 2.30. The SMILES string of the molecule is O=C(NC[C@@H]1CCCO1)c1ccccc1NCC(=O)N1CCN(S(=O)(=O)c2ccccc2)CC1. The highest BCUT2D eigenvalue weighted by molar-refractivity contribution is 7.89. The van der Waals surface area contributed by atoms with Crippen LogP contribution in [0, 0.1) is 0 Å². The number of piperazine rings is 1. The Morgan fingerprint density at radius 3 is 2.38 bits per heavy atom. The van der Waals surface area contributed by atoms with Crippen LogP contribution in [0.5, 0.6) is 0 Å². The molecule has 34 heavy (non-hydrogen) atoms. The Kier molecular flexibility index (Phi) is 7.81. The summed E-state index contributed by atoms with van der Waals surface area (Å²) in [6, 6.07) is 15.4. The van der Waals surface area contributed by atoms with Gasteiger partial charge in [0.2, 0.25) is 15.9 Å². The summed E-state index contributed by atoms with van der Waals surface area (Å²) >= 11 is 0. The average molecular weight is 487 g/mol. The van der Waals surface area contributed by atoms with Crippen molar-refractivity contribution in [3.63, 3.8) is 0 Å². The number of sulfonamides is 1. The number of para-hydroxylation sites is 1. The smallest absolute Gasteiger partial charge is 0.253 e. The van der Waals surface area contributed by atoms with Gasteiger partial charge >= 0.3 is 0 Å².